The Bertz CT molecular complexity index is 1200. The number of thiophene rings is 1. The molecule has 0 N–H and O–H groups in total. The maximum atomic E-state index is 12.9. The Balaban J connectivity index is 1.37. The molecule has 0 atom stereocenters. The fraction of sp³-hybridized carbons (Fsp3) is 0.269. The molecular weight excluding hydrogens is 454 g/mol. The lowest BCUT2D eigenvalue weighted by atomic mass is 9.72. The average Bonchev–Trinajstić information content (AvgIpc) is 3.54. The van der Waals surface area contributed by atoms with Crippen LogP contribution in [-0.2, 0) is 23.1 Å². The van der Waals surface area contributed by atoms with E-state index in [1.807, 2.05) is 64.9 Å². The quantitative estimate of drug-likeness (QED) is 0.366. The van der Waals surface area contributed by atoms with E-state index in [-0.39, 0.29) is 11.3 Å². The molecule has 5 rings (SSSR count). The molecule has 1 aliphatic heterocycles. The highest BCUT2D eigenvalue weighted by Gasteiger charge is 2.42. The van der Waals surface area contributed by atoms with Gasteiger partial charge in [0.25, 0.3) is 0 Å². The summed E-state index contributed by atoms with van der Waals surface area (Å²) in [6, 6.07) is 22.0. The van der Waals surface area contributed by atoms with Crippen LogP contribution in [0.3, 0.4) is 0 Å². The van der Waals surface area contributed by atoms with Crippen LogP contribution >= 0.6 is 22.9 Å². The van der Waals surface area contributed by atoms with E-state index in [0.717, 1.165) is 28.8 Å². The van der Waals surface area contributed by atoms with Crippen molar-refractivity contribution in [1.29, 1.82) is 0 Å². The van der Waals surface area contributed by atoms with Crippen LogP contribution in [-0.4, -0.2) is 34.0 Å². The molecule has 2 aromatic heterocycles. The van der Waals surface area contributed by atoms with Gasteiger partial charge in [0.1, 0.15) is 0 Å². The van der Waals surface area contributed by atoms with Crippen molar-refractivity contribution in [3.05, 3.63) is 105 Å². The topological polar surface area (TPSA) is 59.2 Å². The zero-order chi connectivity index (χ0) is 22.7. The molecule has 1 aliphatic rings. The maximum Gasteiger partial charge on any atom is 0.231 e. The van der Waals surface area contributed by atoms with Gasteiger partial charge in [-0.3, -0.25) is 4.79 Å². The number of carbonyl (C=O) groups excluding carboxylic acids is 1. The van der Waals surface area contributed by atoms with Crippen LogP contribution in [0.25, 0.3) is 0 Å². The Hall–Kier alpha value is -2.96. The summed E-state index contributed by atoms with van der Waals surface area (Å²) in [5.74, 6) is 1.46. The van der Waals surface area contributed by atoms with E-state index < -0.39 is 0 Å². The highest BCUT2D eigenvalue weighted by Crippen LogP contribution is 2.40. The Morgan fingerprint density at radius 2 is 1.79 bits per heavy atom. The van der Waals surface area contributed by atoms with E-state index in [4.69, 9.17) is 21.1 Å². The van der Waals surface area contributed by atoms with E-state index in [0.29, 0.717) is 42.7 Å². The number of benzene rings is 2. The zero-order valence-corrected chi connectivity index (χ0v) is 19.7. The van der Waals surface area contributed by atoms with Crippen LogP contribution in [0.5, 0.6) is 0 Å². The van der Waals surface area contributed by atoms with Crippen LogP contribution < -0.4 is 0 Å². The molecule has 1 amide bonds. The predicted octanol–water partition coefficient (Wildman–Crippen LogP) is 5.53. The number of carbonyl (C=O) groups is 1. The Labute approximate surface area is 202 Å². The monoisotopic (exact) mass is 477 g/mol. The minimum Gasteiger partial charge on any atom is -0.342 e. The number of aromatic nitrogens is 2. The molecule has 0 unspecified atom stereocenters. The number of rotatable bonds is 6. The van der Waals surface area contributed by atoms with E-state index in [9.17, 15) is 4.79 Å². The standard InChI is InChI=1S/C26H24ClN3O2S/c27-21-10-8-19(9-11-21)17-23-28-25(29-32-23)26(20-5-2-1-3-6-20)12-14-30(15-13-26)24(31)18-22-7-4-16-33-22/h1-11,16H,12-15,17-18H2. The molecule has 0 spiro atoms. The van der Waals surface area contributed by atoms with E-state index >= 15 is 0 Å². The van der Waals surface area contributed by atoms with Gasteiger partial charge in [-0.05, 0) is 47.5 Å². The first kappa shape index (κ1) is 21.9. The van der Waals surface area contributed by atoms with Crippen LogP contribution in [0.15, 0.2) is 76.6 Å². The number of hydrogen-bond acceptors (Lipinski definition) is 5. The van der Waals surface area contributed by atoms with Crippen molar-refractivity contribution in [2.45, 2.75) is 31.1 Å². The zero-order valence-electron chi connectivity index (χ0n) is 18.1. The average molecular weight is 478 g/mol. The molecule has 1 saturated heterocycles. The van der Waals surface area contributed by atoms with Gasteiger partial charge < -0.3 is 9.42 Å². The third-order valence-electron chi connectivity index (χ3n) is 6.37. The third-order valence-corrected chi connectivity index (χ3v) is 7.49. The molecular formula is C26H24ClN3O2S. The number of nitrogens with zero attached hydrogens (tertiary/aromatic N) is 3. The largest absolute Gasteiger partial charge is 0.342 e. The van der Waals surface area contributed by atoms with Crippen LogP contribution in [0.4, 0.5) is 0 Å². The normalized spacial score (nSPS) is 15.5. The first-order valence-electron chi connectivity index (χ1n) is 11.1. The lowest BCUT2D eigenvalue weighted by Crippen LogP contribution is -2.46. The molecule has 168 valence electrons. The minimum atomic E-state index is -0.372. The summed E-state index contributed by atoms with van der Waals surface area (Å²) >= 11 is 7.63. The fourth-order valence-electron chi connectivity index (χ4n) is 4.51. The predicted molar refractivity (Wildman–Crippen MR) is 130 cm³/mol. The van der Waals surface area contributed by atoms with Crippen molar-refractivity contribution in [3.63, 3.8) is 0 Å². The number of hydrogen-bond donors (Lipinski definition) is 0. The van der Waals surface area contributed by atoms with Crippen LogP contribution in [0, 0.1) is 0 Å². The van der Waals surface area contributed by atoms with Gasteiger partial charge in [-0.25, -0.2) is 0 Å². The lowest BCUT2D eigenvalue weighted by Gasteiger charge is -2.40. The van der Waals surface area contributed by atoms with Gasteiger partial charge in [-0.2, -0.15) is 4.98 Å². The molecule has 1 fully saturated rings. The van der Waals surface area contributed by atoms with E-state index in [1.54, 1.807) is 11.3 Å². The summed E-state index contributed by atoms with van der Waals surface area (Å²) in [6.45, 7) is 1.33. The minimum absolute atomic E-state index is 0.177. The second-order valence-corrected chi connectivity index (χ2v) is 9.87. The Morgan fingerprint density at radius 1 is 1.03 bits per heavy atom. The maximum absolute atomic E-state index is 12.9. The molecule has 33 heavy (non-hydrogen) atoms. The van der Waals surface area contributed by atoms with Crippen molar-refractivity contribution in [1.82, 2.24) is 15.0 Å². The first-order chi connectivity index (χ1) is 16.1. The summed E-state index contributed by atoms with van der Waals surface area (Å²) in [7, 11) is 0. The van der Waals surface area contributed by atoms with Crippen LogP contribution in [0.2, 0.25) is 5.02 Å². The van der Waals surface area contributed by atoms with E-state index in [1.165, 1.54) is 0 Å². The summed E-state index contributed by atoms with van der Waals surface area (Å²) in [5, 5.41) is 7.13. The van der Waals surface area contributed by atoms with Crippen molar-refractivity contribution in [2.75, 3.05) is 13.1 Å². The summed E-state index contributed by atoms with van der Waals surface area (Å²) in [6.07, 6.45) is 2.53. The van der Waals surface area contributed by atoms with Gasteiger partial charge >= 0.3 is 0 Å². The van der Waals surface area contributed by atoms with Gasteiger partial charge in [-0.1, -0.05) is 65.3 Å². The molecule has 7 heteroatoms. The van der Waals surface area contributed by atoms with E-state index in [2.05, 4.69) is 17.3 Å². The molecule has 2 aromatic carbocycles. The third kappa shape index (κ3) is 4.72. The molecule has 4 aromatic rings. The van der Waals surface area contributed by atoms with Crippen LogP contribution in [0.1, 0.15) is 40.6 Å². The summed E-state index contributed by atoms with van der Waals surface area (Å²) < 4.78 is 5.67. The summed E-state index contributed by atoms with van der Waals surface area (Å²) in [4.78, 5) is 20.7. The van der Waals surface area contributed by atoms with Gasteiger partial charge in [0.2, 0.25) is 11.8 Å². The molecule has 5 nitrogen and oxygen atoms in total. The lowest BCUT2D eigenvalue weighted by molar-refractivity contribution is -0.131. The van der Waals surface area contributed by atoms with Gasteiger partial charge in [0.15, 0.2) is 5.82 Å². The molecule has 0 radical (unpaired) electrons. The van der Waals surface area contributed by atoms with Gasteiger partial charge in [-0.15, -0.1) is 11.3 Å². The second kappa shape index (κ2) is 9.49. The smallest absolute Gasteiger partial charge is 0.231 e. The molecule has 0 saturated carbocycles. The summed E-state index contributed by atoms with van der Waals surface area (Å²) in [5.41, 5.74) is 1.86. The molecule has 3 heterocycles. The highest BCUT2D eigenvalue weighted by atomic mass is 35.5. The Kier molecular flexibility index (Phi) is 6.29. The van der Waals surface area contributed by atoms with Gasteiger partial charge in [0, 0.05) is 23.0 Å². The highest BCUT2D eigenvalue weighted by molar-refractivity contribution is 7.10. The Morgan fingerprint density at radius 3 is 2.48 bits per heavy atom. The molecule has 0 bridgehead atoms. The second-order valence-electron chi connectivity index (χ2n) is 8.40. The van der Waals surface area contributed by atoms with Gasteiger partial charge in [0.05, 0.1) is 18.3 Å². The van der Waals surface area contributed by atoms with Crippen molar-refractivity contribution in [2.24, 2.45) is 0 Å². The first-order valence-corrected chi connectivity index (χ1v) is 12.3. The van der Waals surface area contributed by atoms with Crippen molar-refractivity contribution >= 4 is 28.8 Å². The van der Waals surface area contributed by atoms with Crippen molar-refractivity contribution in [3.8, 4) is 0 Å². The molecule has 0 aliphatic carbocycles. The van der Waals surface area contributed by atoms with Crippen molar-refractivity contribution < 1.29 is 9.32 Å². The number of likely N-dealkylation sites (tertiary alicyclic amines) is 1. The number of halogens is 1. The SMILES string of the molecule is O=C(Cc1cccs1)N1CCC(c2ccccc2)(c2noc(Cc3ccc(Cl)cc3)n2)CC1. The fourth-order valence-corrected chi connectivity index (χ4v) is 5.33. The number of amides is 1. The number of piperidine rings is 1.